The fourth-order valence-electron chi connectivity index (χ4n) is 3.25. The molecule has 1 aliphatic rings. The van der Waals surface area contributed by atoms with Crippen LogP contribution in [0.1, 0.15) is 47.0 Å². The summed E-state index contributed by atoms with van der Waals surface area (Å²) in [5, 5.41) is 6.60. The second kappa shape index (κ2) is 10.2. The zero-order chi connectivity index (χ0) is 19.0. The lowest BCUT2D eigenvalue weighted by Gasteiger charge is -2.44. The Balaban J connectivity index is 3.22. The van der Waals surface area contributed by atoms with Crippen LogP contribution >= 0.6 is 0 Å². The van der Waals surface area contributed by atoms with Crippen LogP contribution in [0.3, 0.4) is 0 Å². The molecular formula is C16H29N5O4. The van der Waals surface area contributed by atoms with Crippen molar-refractivity contribution in [1.29, 1.82) is 0 Å². The molecule has 1 amide bonds. The normalized spacial score (nSPS) is 29.0. The molecule has 0 aliphatic heterocycles. The lowest BCUT2D eigenvalue weighted by molar-refractivity contribution is -0.155. The molecule has 25 heavy (non-hydrogen) atoms. The quantitative estimate of drug-likeness (QED) is 0.295. The molecule has 1 rings (SSSR count). The number of carbonyl (C=O) groups is 2. The summed E-state index contributed by atoms with van der Waals surface area (Å²) in [5.41, 5.74) is 15.2. The van der Waals surface area contributed by atoms with Gasteiger partial charge in [0.15, 0.2) is 0 Å². The van der Waals surface area contributed by atoms with E-state index >= 15 is 0 Å². The van der Waals surface area contributed by atoms with E-state index in [-0.39, 0.29) is 25.0 Å². The van der Waals surface area contributed by atoms with Crippen LogP contribution in [0, 0.1) is 5.92 Å². The maximum absolute atomic E-state index is 12.3. The molecule has 5 atom stereocenters. The summed E-state index contributed by atoms with van der Waals surface area (Å²) >= 11 is 0. The molecule has 0 heterocycles. The third-order valence-electron chi connectivity index (χ3n) is 4.49. The van der Waals surface area contributed by atoms with Crippen molar-refractivity contribution < 1.29 is 19.1 Å². The van der Waals surface area contributed by atoms with Gasteiger partial charge in [0.25, 0.3) is 0 Å². The van der Waals surface area contributed by atoms with Gasteiger partial charge < -0.3 is 20.5 Å². The van der Waals surface area contributed by atoms with Gasteiger partial charge in [0, 0.05) is 17.9 Å². The summed E-state index contributed by atoms with van der Waals surface area (Å²) in [6, 6.07) is -1.84. The minimum atomic E-state index is -0.790. The van der Waals surface area contributed by atoms with E-state index in [2.05, 4.69) is 15.3 Å². The van der Waals surface area contributed by atoms with Crippen LogP contribution in [0.5, 0.6) is 0 Å². The number of rotatable bonds is 8. The fraction of sp³-hybridized carbons (Fsp3) is 0.875. The zero-order valence-corrected chi connectivity index (χ0v) is 15.3. The van der Waals surface area contributed by atoms with Gasteiger partial charge in [-0.05, 0) is 31.7 Å². The van der Waals surface area contributed by atoms with E-state index in [1.807, 2.05) is 13.8 Å². The number of carbonyl (C=O) groups excluding carboxylic acids is 2. The van der Waals surface area contributed by atoms with Crippen molar-refractivity contribution in [3.8, 4) is 0 Å². The second-order valence-corrected chi connectivity index (χ2v) is 6.22. The molecule has 0 spiro atoms. The van der Waals surface area contributed by atoms with Crippen molar-refractivity contribution in [3.63, 3.8) is 0 Å². The van der Waals surface area contributed by atoms with Crippen LogP contribution in [0.25, 0.3) is 10.4 Å². The molecule has 0 bridgehead atoms. The summed E-state index contributed by atoms with van der Waals surface area (Å²) in [5.74, 6) is -1.42. The summed E-state index contributed by atoms with van der Waals surface area (Å²) in [4.78, 5) is 26.8. The average Bonchev–Trinajstić information content (AvgIpc) is 2.57. The molecule has 0 aromatic heterocycles. The maximum Gasteiger partial charge on any atom is 0.309 e. The van der Waals surface area contributed by atoms with Gasteiger partial charge in [-0.3, -0.25) is 9.59 Å². The predicted octanol–water partition coefficient (Wildman–Crippen LogP) is 1.65. The van der Waals surface area contributed by atoms with Crippen molar-refractivity contribution in [2.45, 2.75) is 77.3 Å². The molecule has 9 nitrogen and oxygen atoms in total. The molecular weight excluding hydrogens is 326 g/mol. The van der Waals surface area contributed by atoms with Gasteiger partial charge in [-0.25, -0.2) is 0 Å². The van der Waals surface area contributed by atoms with Crippen LogP contribution in [0.2, 0.25) is 0 Å². The summed E-state index contributed by atoms with van der Waals surface area (Å²) in [7, 11) is 0. The van der Waals surface area contributed by atoms with Gasteiger partial charge in [-0.2, -0.15) is 0 Å². The first kappa shape index (κ1) is 21.2. The van der Waals surface area contributed by atoms with Gasteiger partial charge in [0.2, 0.25) is 5.91 Å². The van der Waals surface area contributed by atoms with E-state index in [1.54, 1.807) is 6.92 Å². The van der Waals surface area contributed by atoms with Crippen molar-refractivity contribution in [3.05, 3.63) is 10.4 Å². The van der Waals surface area contributed by atoms with Gasteiger partial charge in [-0.15, -0.1) is 0 Å². The van der Waals surface area contributed by atoms with Crippen LogP contribution in [0.15, 0.2) is 5.11 Å². The zero-order valence-electron chi connectivity index (χ0n) is 15.3. The topological polar surface area (TPSA) is 139 Å². The number of esters is 1. The highest BCUT2D eigenvalue weighted by molar-refractivity contribution is 5.75. The predicted molar refractivity (Wildman–Crippen MR) is 92.5 cm³/mol. The highest BCUT2D eigenvalue weighted by Gasteiger charge is 2.48. The smallest absolute Gasteiger partial charge is 0.309 e. The highest BCUT2D eigenvalue weighted by Crippen LogP contribution is 2.32. The molecule has 0 aromatic carbocycles. The van der Waals surface area contributed by atoms with Crippen molar-refractivity contribution in [2.75, 3.05) is 6.61 Å². The summed E-state index contributed by atoms with van der Waals surface area (Å²) < 4.78 is 11.2. The molecule has 0 unspecified atom stereocenters. The summed E-state index contributed by atoms with van der Waals surface area (Å²) in [6.45, 7) is 7.29. The van der Waals surface area contributed by atoms with E-state index in [0.29, 0.717) is 0 Å². The van der Waals surface area contributed by atoms with Crippen LogP contribution in [0.4, 0.5) is 0 Å². The van der Waals surface area contributed by atoms with E-state index in [9.17, 15) is 9.59 Å². The van der Waals surface area contributed by atoms with Crippen LogP contribution in [-0.4, -0.2) is 48.8 Å². The Morgan fingerprint density at radius 2 is 2.00 bits per heavy atom. The first-order valence-corrected chi connectivity index (χ1v) is 8.78. The number of amides is 1. The molecule has 0 radical (unpaired) electrons. The van der Waals surface area contributed by atoms with Gasteiger partial charge >= 0.3 is 5.97 Å². The second-order valence-electron chi connectivity index (χ2n) is 6.22. The average molecular weight is 355 g/mol. The number of nitrogens with two attached hydrogens (primary N) is 1. The van der Waals surface area contributed by atoms with Gasteiger partial charge in [-0.1, -0.05) is 19.0 Å². The third kappa shape index (κ3) is 5.59. The standard InChI is InChI=1S/C16H29N5O4/c1-5-10(6-2)25-15-13(20-21-18)11(16(23)24-7-3)8-12(17)14(15)19-9(4)22/h10-15H,5-8,17H2,1-4H3,(H,19,22)/t11-,12-,13-,14+,15+/m0/s1. The fourth-order valence-corrected chi connectivity index (χ4v) is 3.25. The number of hydrogen-bond donors (Lipinski definition) is 2. The molecule has 0 saturated heterocycles. The Morgan fingerprint density at radius 3 is 2.48 bits per heavy atom. The Kier molecular flexibility index (Phi) is 8.68. The molecule has 9 heteroatoms. The summed E-state index contributed by atoms with van der Waals surface area (Å²) in [6.07, 6.45) is 0.967. The Hall–Kier alpha value is -1.83. The lowest BCUT2D eigenvalue weighted by atomic mass is 9.76. The number of nitrogens with one attached hydrogen (secondary N) is 1. The molecule has 3 N–H and O–H groups in total. The van der Waals surface area contributed by atoms with E-state index in [4.69, 9.17) is 20.7 Å². The molecule has 142 valence electrons. The van der Waals surface area contributed by atoms with E-state index in [0.717, 1.165) is 12.8 Å². The SMILES string of the molecule is CCOC(=O)[C@H]1C[C@H](N)[C@@H](NC(C)=O)[C@H](OC(CC)CC)[C@H]1N=[N+]=[N-]. The molecule has 0 aromatic rings. The number of ether oxygens (including phenoxy) is 2. The van der Waals surface area contributed by atoms with Crippen molar-refractivity contribution in [2.24, 2.45) is 16.8 Å². The highest BCUT2D eigenvalue weighted by atomic mass is 16.5. The minimum absolute atomic E-state index is 0.0919. The van der Waals surface area contributed by atoms with Crippen LogP contribution < -0.4 is 11.1 Å². The number of hydrogen-bond acceptors (Lipinski definition) is 6. The third-order valence-corrected chi connectivity index (χ3v) is 4.49. The molecule has 1 aliphatic carbocycles. The number of nitrogens with zero attached hydrogens (tertiary/aromatic N) is 3. The Morgan fingerprint density at radius 1 is 1.36 bits per heavy atom. The van der Waals surface area contributed by atoms with Crippen molar-refractivity contribution >= 4 is 11.9 Å². The Bertz CT molecular complexity index is 505. The van der Waals surface area contributed by atoms with Gasteiger partial charge in [0.1, 0.15) is 0 Å². The van der Waals surface area contributed by atoms with E-state index in [1.165, 1.54) is 6.92 Å². The van der Waals surface area contributed by atoms with E-state index < -0.39 is 36.1 Å². The van der Waals surface area contributed by atoms with Crippen LogP contribution in [-0.2, 0) is 19.1 Å². The number of azide groups is 1. The monoisotopic (exact) mass is 355 g/mol. The molecule has 1 fully saturated rings. The lowest BCUT2D eigenvalue weighted by Crippen LogP contribution is -2.65. The van der Waals surface area contributed by atoms with Crippen molar-refractivity contribution in [1.82, 2.24) is 5.32 Å². The van der Waals surface area contributed by atoms with Gasteiger partial charge in [0.05, 0.1) is 36.8 Å². The maximum atomic E-state index is 12.3. The molecule has 1 saturated carbocycles. The Labute approximate surface area is 148 Å². The minimum Gasteiger partial charge on any atom is -0.466 e. The largest absolute Gasteiger partial charge is 0.466 e. The first-order chi connectivity index (χ1) is 11.9. The first-order valence-electron chi connectivity index (χ1n) is 8.78.